The molecule has 0 bridgehead atoms. The second kappa shape index (κ2) is 15.2. The summed E-state index contributed by atoms with van der Waals surface area (Å²) in [7, 11) is -2.76. The predicted octanol–water partition coefficient (Wildman–Crippen LogP) is 5.37. The van der Waals surface area contributed by atoms with E-state index in [2.05, 4.69) is 5.32 Å². The highest BCUT2D eigenvalue weighted by molar-refractivity contribution is 7.92. The van der Waals surface area contributed by atoms with E-state index in [1.54, 1.807) is 42.5 Å². The molecule has 1 N–H and O–H groups in total. The molecule has 8 nitrogen and oxygen atoms in total. The van der Waals surface area contributed by atoms with Gasteiger partial charge in [0.15, 0.2) is 0 Å². The number of para-hydroxylation sites is 2. The van der Waals surface area contributed by atoms with Crippen molar-refractivity contribution in [3.8, 4) is 5.75 Å². The minimum Gasteiger partial charge on any atom is -0.495 e. The third-order valence-corrected chi connectivity index (χ3v) is 9.03. The highest BCUT2D eigenvalue weighted by Gasteiger charge is 2.35. The number of methoxy groups -OCH3 is 1. The van der Waals surface area contributed by atoms with Crippen LogP contribution >= 0.6 is 0 Å². The molecule has 9 heteroatoms. The van der Waals surface area contributed by atoms with Crippen LogP contribution in [-0.2, 0) is 32.6 Å². The summed E-state index contributed by atoms with van der Waals surface area (Å²) in [6.45, 7) is 3.95. The van der Waals surface area contributed by atoms with Gasteiger partial charge in [-0.05, 0) is 48.7 Å². The molecule has 0 aliphatic rings. The van der Waals surface area contributed by atoms with Gasteiger partial charge in [0.2, 0.25) is 11.8 Å². The molecule has 4 aromatic rings. The fourth-order valence-corrected chi connectivity index (χ4v) is 6.32. The molecule has 0 aliphatic heterocycles. The van der Waals surface area contributed by atoms with Gasteiger partial charge in [0.05, 0.1) is 17.7 Å². The van der Waals surface area contributed by atoms with E-state index in [0.29, 0.717) is 12.3 Å². The second-order valence-electron chi connectivity index (χ2n) is 10.5. The summed E-state index contributed by atoms with van der Waals surface area (Å²) in [5, 5.41) is 2.96. The van der Waals surface area contributed by atoms with Crippen LogP contribution in [0.15, 0.2) is 114 Å². The first-order valence-corrected chi connectivity index (χ1v) is 16.1. The Morgan fingerprint density at radius 3 is 2.07 bits per heavy atom. The van der Waals surface area contributed by atoms with E-state index < -0.39 is 28.5 Å². The number of hydrogen-bond acceptors (Lipinski definition) is 5. The fraction of sp³-hybridized carbons (Fsp3) is 0.257. The number of nitrogens with one attached hydrogen (secondary N) is 1. The largest absolute Gasteiger partial charge is 0.495 e. The number of rotatable bonds is 14. The van der Waals surface area contributed by atoms with E-state index >= 15 is 0 Å². The third-order valence-electron chi connectivity index (χ3n) is 7.26. The molecule has 2 amide bonds. The first kappa shape index (κ1) is 32.3. The molecule has 230 valence electrons. The van der Waals surface area contributed by atoms with Crippen molar-refractivity contribution in [1.29, 1.82) is 0 Å². The number of benzene rings is 4. The first-order valence-electron chi connectivity index (χ1n) is 14.6. The number of hydrogen-bond donors (Lipinski definition) is 1. The van der Waals surface area contributed by atoms with Gasteiger partial charge in [0.1, 0.15) is 18.3 Å². The predicted molar refractivity (Wildman–Crippen MR) is 173 cm³/mol. The average Bonchev–Trinajstić information content (AvgIpc) is 3.05. The van der Waals surface area contributed by atoms with Crippen molar-refractivity contribution in [3.63, 3.8) is 0 Å². The average molecular weight is 614 g/mol. The van der Waals surface area contributed by atoms with Gasteiger partial charge in [0, 0.05) is 19.5 Å². The molecule has 0 aromatic heterocycles. The van der Waals surface area contributed by atoms with Gasteiger partial charge in [-0.1, -0.05) is 97.4 Å². The Labute approximate surface area is 260 Å². The van der Waals surface area contributed by atoms with E-state index in [1.807, 2.05) is 68.4 Å². The molecule has 4 aromatic carbocycles. The van der Waals surface area contributed by atoms with Crippen molar-refractivity contribution in [1.82, 2.24) is 10.2 Å². The number of anilines is 1. The van der Waals surface area contributed by atoms with Crippen LogP contribution in [0.5, 0.6) is 5.75 Å². The van der Waals surface area contributed by atoms with Gasteiger partial charge in [0.25, 0.3) is 10.0 Å². The zero-order valence-corrected chi connectivity index (χ0v) is 26.2. The lowest BCUT2D eigenvalue weighted by molar-refractivity contribution is -0.140. The molecule has 4 rings (SSSR count). The molecule has 0 saturated heterocycles. The van der Waals surface area contributed by atoms with E-state index in [9.17, 15) is 18.0 Å². The lowest BCUT2D eigenvalue weighted by atomic mass is 10.0. The molecule has 1 atom stereocenters. The van der Waals surface area contributed by atoms with Crippen LogP contribution in [0.1, 0.15) is 30.0 Å². The number of nitrogens with zero attached hydrogens (tertiary/aromatic N) is 2. The van der Waals surface area contributed by atoms with Gasteiger partial charge in [-0.25, -0.2) is 8.42 Å². The lowest BCUT2D eigenvalue weighted by Gasteiger charge is -2.34. The Hall–Kier alpha value is -4.63. The summed E-state index contributed by atoms with van der Waals surface area (Å²) in [5.74, 6) is -0.527. The Bertz CT molecular complexity index is 1630. The van der Waals surface area contributed by atoms with Crippen molar-refractivity contribution < 1.29 is 22.7 Å². The van der Waals surface area contributed by atoms with Gasteiger partial charge in [-0.2, -0.15) is 0 Å². The Balaban J connectivity index is 1.81. The van der Waals surface area contributed by atoms with Crippen LogP contribution in [-0.4, -0.2) is 51.4 Å². The number of ether oxygens (including phenoxy) is 1. The van der Waals surface area contributed by atoms with Crippen molar-refractivity contribution >= 4 is 27.5 Å². The molecule has 0 spiro atoms. The normalized spacial score (nSPS) is 11.8. The number of carbonyl (C=O) groups is 2. The summed E-state index contributed by atoms with van der Waals surface area (Å²) in [6, 6.07) is 31.0. The molecule has 0 aliphatic carbocycles. The van der Waals surface area contributed by atoms with E-state index in [0.717, 1.165) is 27.4 Å². The number of sulfonamides is 1. The van der Waals surface area contributed by atoms with Crippen LogP contribution in [0.4, 0.5) is 5.69 Å². The maximum atomic E-state index is 14.5. The van der Waals surface area contributed by atoms with Gasteiger partial charge in [-0.3, -0.25) is 13.9 Å². The molecule has 0 saturated carbocycles. The van der Waals surface area contributed by atoms with Crippen LogP contribution in [0, 0.1) is 6.92 Å². The van der Waals surface area contributed by atoms with E-state index in [1.165, 1.54) is 24.1 Å². The van der Waals surface area contributed by atoms with Crippen molar-refractivity contribution in [2.24, 2.45) is 0 Å². The zero-order chi connectivity index (χ0) is 31.5. The monoisotopic (exact) mass is 613 g/mol. The van der Waals surface area contributed by atoms with E-state index in [-0.39, 0.29) is 29.5 Å². The molecule has 44 heavy (non-hydrogen) atoms. The second-order valence-corrected chi connectivity index (χ2v) is 12.4. The van der Waals surface area contributed by atoms with Gasteiger partial charge in [-0.15, -0.1) is 0 Å². The topological polar surface area (TPSA) is 96.0 Å². The SMILES string of the molecule is CCCNC(=O)C(Cc1ccccc1)N(Cc1ccc(C)cc1)C(=O)CN(c1ccccc1OC)S(=O)(=O)c1ccccc1. The zero-order valence-electron chi connectivity index (χ0n) is 25.3. The molecular weight excluding hydrogens is 574 g/mol. The van der Waals surface area contributed by atoms with Crippen molar-refractivity contribution in [2.75, 3.05) is 24.5 Å². The molecule has 0 radical (unpaired) electrons. The quantitative estimate of drug-likeness (QED) is 0.207. The third kappa shape index (κ3) is 8.05. The maximum absolute atomic E-state index is 14.5. The van der Waals surface area contributed by atoms with E-state index in [4.69, 9.17) is 4.74 Å². The van der Waals surface area contributed by atoms with Crippen LogP contribution < -0.4 is 14.4 Å². The van der Waals surface area contributed by atoms with Crippen LogP contribution in [0.3, 0.4) is 0 Å². The Kier molecular flexibility index (Phi) is 11.2. The first-order chi connectivity index (χ1) is 21.2. The Morgan fingerprint density at radius 2 is 1.43 bits per heavy atom. The smallest absolute Gasteiger partial charge is 0.264 e. The highest BCUT2D eigenvalue weighted by Crippen LogP contribution is 2.32. The summed E-state index contributed by atoms with van der Waals surface area (Å²) in [4.78, 5) is 29.7. The maximum Gasteiger partial charge on any atom is 0.264 e. The van der Waals surface area contributed by atoms with Gasteiger partial charge >= 0.3 is 0 Å². The lowest BCUT2D eigenvalue weighted by Crippen LogP contribution is -2.53. The van der Waals surface area contributed by atoms with Crippen molar-refractivity contribution in [3.05, 3.63) is 126 Å². The van der Waals surface area contributed by atoms with Crippen LogP contribution in [0.2, 0.25) is 0 Å². The molecule has 1 unspecified atom stereocenters. The molecule has 0 fully saturated rings. The van der Waals surface area contributed by atoms with Crippen LogP contribution in [0.25, 0.3) is 0 Å². The number of aryl methyl sites for hydroxylation is 1. The number of carbonyl (C=O) groups excluding carboxylic acids is 2. The summed E-state index contributed by atoms with van der Waals surface area (Å²) < 4.78 is 34.8. The highest BCUT2D eigenvalue weighted by atomic mass is 32.2. The molecular formula is C35H39N3O5S. The van der Waals surface area contributed by atoms with Gasteiger partial charge < -0.3 is 15.0 Å². The standard InChI is InChI=1S/C35H39N3O5S/c1-4-23-36-35(40)32(24-28-13-7-5-8-14-28)37(25-29-21-19-27(2)20-22-29)34(39)26-38(31-17-11-12-18-33(31)43-3)44(41,42)30-15-9-6-10-16-30/h5-22,32H,4,23-26H2,1-3H3,(H,36,40). The summed E-state index contributed by atoms with van der Waals surface area (Å²) in [6.07, 6.45) is 0.987. The summed E-state index contributed by atoms with van der Waals surface area (Å²) in [5.41, 5.74) is 2.98. The minimum absolute atomic E-state index is 0.0327. The summed E-state index contributed by atoms with van der Waals surface area (Å²) >= 11 is 0. The Morgan fingerprint density at radius 1 is 0.818 bits per heavy atom. The minimum atomic E-state index is -4.21. The molecule has 0 heterocycles. The van der Waals surface area contributed by atoms with Crippen molar-refractivity contribution in [2.45, 2.75) is 44.2 Å². The fourth-order valence-electron chi connectivity index (χ4n) is 4.88. The number of amides is 2.